The monoisotopic (exact) mass is 960 g/mol. The van der Waals surface area contributed by atoms with Crippen LogP contribution in [0.2, 0.25) is 23.2 Å². The number of Topliss-reactive ketones (excluding diaryl/α,β-unsaturated/α-hetero) is 1. The standard InChI is InChI=1S/C51H75F3O8SSi2/c1-10-16-18-19-20-28-33-40-41(37-43(56)42(55)34-23-17-11-2)47-48(57)45(46(40)50(47,12-3)62-64(13-4,14-5)15-6)44(61-63(58,59)51(52,53)54)35-36-60-65(49(7,8)9,38-29-24-21-25-30-38)39-31-26-22-27-32-39/h10-12,16-17,21-22,24-27,29-32,40-43,46-47,55-56H,3,13-15,18-20,23,28,33-37H2,1-2,4-9H3/b16-10+,17-11+,45-44-/t40-,41-,42-,43+,46-,47+,50-/m1/s1. The molecular weight excluding hydrogens is 886 g/mol. The van der Waals surface area contributed by atoms with Crippen molar-refractivity contribution in [1.82, 2.24) is 0 Å². The molecule has 2 aliphatic rings. The molecule has 0 aliphatic heterocycles. The summed E-state index contributed by atoms with van der Waals surface area (Å²) in [6.07, 6.45) is 11.4. The summed E-state index contributed by atoms with van der Waals surface area (Å²) in [6.45, 7) is 20.1. The van der Waals surface area contributed by atoms with Gasteiger partial charge in [-0.2, -0.15) is 21.6 Å². The van der Waals surface area contributed by atoms with Crippen molar-refractivity contribution in [2.75, 3.05) is 6.61 Å². The lowest BCUT2D eigenvalue weighted by Gasteiger charge is -2.43. The number of fused-ring (bicyclic) bond motifs is 2. The number of aliphatic hydroxyl groups excluding tert-OH is 2. The fourth-order valence-corrected chi connectivity index (χ4v) is 18.9. The maximum atomic E-state index is 15.5. The van der Waals surface area contributed by atoms with Crippen LogP contribution in [0.3, 0.4) is 0 Å². The van der Waals surface area contributed by atoms with E-state index in [4.69, 9.17) is 13.0 Å². The number of aliphatic hydroxyl groups is 2. The highest BCUT2D eigenvalue weighted by Crippen LogP contribution is 2.65. The highest BCUT2D eigenvalue weighted by Gasteiger charge is 2.71. The number of alkyl halides is 3. The van der Waals surface area contributed by atoms with E-state index >= 15 is 4.79 Å². The lowest BCUT2D eigenvalue weighted by atomic mass is 9.71. The van der Waals surface area contributed by atoms with E-state index < -0.39 is 96.7 Å². The zero-order valence-corrected chi connectivity index (χ0v) is 42.7. The molecule has 14 heteroatoms. The van der Waals surface area contributed by atoms with E-state index in [-0.39, 0.29) is 18.6 Å². The first-order valence-corrected chi connectivity index (χ1v) is 29.5. The molecule has 0 heterocycles. The summed E-state index contributed by atoms with van der Waals surface area (Å²) in [4.78, 5) is 15.5. The van der Waals surface area contributed by atoms with E-state index in [0.717, 1.165) is 29.6 Å². The average Bonchev–Trinajstić information content (AvgIpc) is 3.66. The molecule has 0 saturated heterocycles. The quantitative estimate of drug-likeness (QED) is 0.0182. The molecule has 2 saturated carbocycles. The summed E-state index contributed by atoms with van der Waals surface area (Å²) in [5.41, 5.74) is -7.37. The van der Waals surface area contributed by atoms with Crippen LogP contribution in [0.15, 0.2) is 109 Å². The number of carbonyl (C=O) groups excluding carboxylic acids is 1. The number of carbonyl (C=O) groups is 1. The van der Waals surface area contributed by atoms with Crippen molar-refractivity contribution in [2.24, 2.45) is 23.7 Å². The van der Waals surface area contributed by atoms with Crippen LogP contribution in [-0.4, -0.2) is 71.0 Å². The van der Waals surface area contributed by atoms with Crippen LogP contribution in [0.5, 0.6) is 0 Å². The van der Waals surface area contributed by atoms with Gasteiger partial charge in [0.1, 0.15) is 5.76 Å². The van der Waals surface area contributed by atoms with Crippen LogP contribution >= 0.6 is 0 Å². The second-order valence-corrected chi connectivity index (χ2v) is 29.4. The molecule has 0 aromatic heterocycles. The van der Waals surface area contributed by atoms with E-state index in [2.05, 4.69) is 33.4 Å². The van der Waals surface area contributed by atoms with Gasteiger partial charge in [-0.25, -0.2) is 0 Å². The third-order valence-electron chi connectivity index (χ3n) is 14.2. The Kier molecular flexibility index (Phi) is 19.5. The highest BCUT2D eigenvalue weighted by molar-refractivity contribution is 7.87. The Labute approximate surface area is 389 Å². The van der Waals surface area contributed by atoms with E-state index in [1.54, 1.807) is 6.08 Å². The first-order chi connectivity index (χ1) is 30.7. The number of rotatable bonds is 26. The topological polar surface area (TPSA) is 119 Å². The van der Waals surface area contributed by atoms with Gasteiger partial charge in [0.25, 0.3) is 8.32 Å². The molecule has 2 aliphatic carbocycles. The molecule has 7 atom stereocenters. The number of hydrogen-bond acceptors (Lipinski definition) is 8. The van der Waals surface area contributed by atoms with Gasteiger partial charge >= 0.3 is 15.6 Å². The fourth-order valence-electron chi connectivity index (χ4n) is 10.8. The molecule has 0 amide bonds. The van der Waals surface area contributed by atoms with Crippen molar-refractivity contribution < 1.29 is 49.6 Å². The average molecular weight is 961 g/mol. The molecule has 65 heavy (non-hydrogen) atoms. The summed E-state index contributed by atoms with van der Waals surface area (Å²) < 4.78 is 89.6. The van der Waals surface area contributed by atoms with Crippen LogP contribution in [0.4, 0.5) is 13.2 Å². The normalized spacial score (nSPS) is 23.7. The van der Waals surface area contributed by atoms with Crippen LogP contribution in [0.25, 0.3) is 0 Å². The number of hydrogen-bond donors (Lipinski definition) is 2. The number of ketones is 1. The molecule has 2 aromatic rings. The summed E-state index contributed by atoms with van der Waals surface area (Å²) in [6, 6.07) is 21.4. The first-order valence-electron chi connectivity index (χ1n) is 23.7. The molecule has 362 valence electrons. The van der Waals surface area contributed by atoms with E-state index in [0.29, 0.717) is 43.8 Å². The minimum Gasteiger partial charge on any atom is -0.407 e. The summed E-state index contributed by atoms with van der Waals surface area (Å²) in [7, 11) is -12.2. The van der Waals surface area contributed by atoms with E-state index in [9.17, 15) is 31.8 Å². The minimum absolute atomic E-state index is 0.0340. The van der Waals surface area contributed by atoms with Crippen LogP contribution in [0.1, 0.15) is 113 Å². The molecule has 2 aromatic carbocycles. The second kappa shape index (κ2) is 23.3. The van der Waals surface area contributed by atoms with Gasteiger partial charge in [-0.1, -0.05) is 145 Å². The third-order valence-corrected chi connectivity index (χ3v) is 24.9. The van der Waals surface area contributed by atoms with Crippen molar-refractivity contribution >= 4 is 42.9 Å². The van der Waals surface area contributed by atoms with Crippen molar-refractivity contribution in [1.29, 1.82) is 0 Å². The van der Waals surface area contributed by atoms with Gasteiger partial charge in [-0.05, 0) is 97.8 Å². The van der Waals surface area contributed by atoms with Crippen molar-refractivity contribution in [2.45, 2.75) is 160 Å². The minimum atomic E-state index is -6.27. The van der Waals surface area contributed by atoms with Gasteiger partial charge in [-0.3, -0.25) is 4.79 Å². The van der Waals surface area contributed by atoms with Crippen LogP contribution in [0, 0.1) is 23.7 Å². The van der Waals surface area contributed by atoms with Gasteiger partial charge in [0.15, 0.2) is 14.1 Å². The molecule has 8 nitrogen and oxygen atoms in total. The summed E-state index contributed by atoms with van der Waals surface area (Å²) in [5.74, 6) is -4.20. The SMILES string of the molecule is C=C[C@]1(O[Si](CC)(CC)CC)[C@@H]2C(=O)/C(=C(/CCO[Si](c3ccccc3)(c3ccccc3)C(C)(C)C)OS(=O)(=O)C(F)(F)F)[C@H]1[C@H](CCCCC/C=C/C)[C@H]2C[C@H](O)[C@H](O)CC/C=C/C. The molecule has 0 unspecified atom stereocenters. The predicted molar refractivity (Wildman–Crippen MR) is 260 cm³/mol. The number of benzene rings is 2. The summed E-state index contributed by atoms with van der Waals surface area (Å²) >= 11 is 0. The van der Waals surface area contributed by atoms with Gasteiger partial charge in [0.05, 0.1) is 23.7 Å². The summed E-state index contributed by atoms with van der Waals surface area (Å²) in [5, 5.41) is 24.2. The zero-order chi connectivity index (χ0) is 48.3. The Hall–Kier alpha value is -3.12. The highest BCUT2D eigenvalue weighted by atomic mass is 32.2. The van der Waals surface area contributed by atoms with Gasteiger partial charge < -0.3 is 23.2 Å². The smallest absolute Gasteiger partial charge is 0.407 e. The van der Waals surface area contributed by atoms with E-state index in [1.807, 2.05) is 114 Å². The van der Waals surface area contributed by atoms with Crippen LogP contribution in [-0.2, 0) is 27.9 Å². The predicted octanol–water partition coefficient (Wildman–Crippen LogP) is 11.1. The number of unbranched alkanes of at least 4 members (excludes halogenated alkanes) is 3. The number of allylic oxidation sites excluding steroid dienone is 4. The molecule has 2 fully saturated rings. The maximum absolute atomic E-state index is 15.5. The van der Waals surface area contributed by atoms with Gasteiger partial charge in [0, 0.05) is 24.5 Å². The van der Waals surface area contributed by atoms with Crippen molar-refractivity contribution in [3.8, 4) is 0 Å². The maximum Gasteiger partial charge on any atom is 0.534 e. The largest absolute Gasteiger partial charge is 0.534 e. The molecule has 2 bridgehead atoms. The van der Waals surface area contributed by atoms with Crippen LogP contribution < -0.4 is 10.4 Å². The zero-order valence-electron chi connectivity index (χ0n) is 39.9. The Morgan fingerprint density at radius 2 is 1.38 bits per heavy atom. The Balaban J connectivity index is 1.99. The molecule has 4 rings (SSSR count). The van der Waals surface area contributed by atoms with Gasteiger partial charge in [-0.15, -0.1) is 6.58 Å². The van der Waals surface area contributed by atoms with Crippen molar-refractivity contribution in [3.63, 3.8) is 0 Å². The molecular formula is C51H75F3O8SSi2. The van der Waals surface area contributed by atoms with Crippen molar-refractivity contribution in [3.05, 3.63) is 109 Å². The van der Waals surface area contributed by atoms with Gasteiger partial charge in [0.2, 0.25) is 0 Å². The lowest BCUT2D eigenvalue weighted by molar-refractivity contribution is -0.124. The lowest BCUT2D eigenvalue weighted by Crippen LogP contribution is -2.66. The number of halogens is 3. The Bertz CT molecular complexity index is 2000. The fraction of sp³-hybridized carbons (Fsp3) is 0.588. The van der Waals surface area contributed by atoms with E-state index in [1.165, 1.54) is 0 Å². The molecule has 0 radical (unpaired) electrons. The Morgan fingerprint density at radius 1 is 0.831 bits per heavy atom. The molecule has 2 N–H and O–H groups in total. The second-order valence-electron chi connectivity index (χ2n) is 18.9. The first kappa shape index (κ1) is 54.5. The third kappa shape index (κ3) is 11.8. The Morgan fingerprint density at radius 3 is 1.88 bits per heavy atom. The molecule has 0 spiro atoms.